The molecule has 0 amide bonds. The van der Waals surface area contributed by atoms with E-state index in [9.17, 15) is 0 Å². The van der Waals surface area contributed by atoms with E-state index >= 15 is 0 Å². The summed E-state index contributed by atoms with van der Waals surface area (Å²) in [6.07, 6.45) is 1.83. The molecule has 0 aromatic heterocycles. The zero-order chi connectivity index (χ0) is 13.0. The summed E-state index contributed by atoms with van der Waals surface area (Å²) in [4.78, 5) is 0. The van der Waals surface area contributed by atoms with E-state index in [1.54, 1.807) is 0 Å². The minimum Gasteiger partial charge on any atom is -0.409 e. The van der Waals surface area contributed by atoms with E-state index in [4.69, 9.17) is 10.9 Å². The Morgan fingerprint density at radius 3 is 2.72 bits per heavy atom. The van der Waals surface area contributed by atoms with E-state index in [2.05, 4.69) is 29.5 Å². The molecule has 0 heterocycles. The Hall–Kier alpha value is -1.55. The molecular formula is C14H21N3O. The average molecular weight is 247 g/mol. The summed E-state index contributed by atoms with van der Waals surface area (Å²) >= 11 is 0. The summed E-state index contributed by atoms with van der Waals surface area (Å²) in [5.74, 6) is 1.88. The monoisotopic (exact) mass is 247 g/mol. The van der Waals surface area contributed by atoms with Crippen LogP contribution in [0, 0.1) is 11.8 Å². The quantitative estimate of drug-likeness (QED) is 0.312. The van der Waals surface area contributed by atoms with Crippen molar-refractivity contribution in [3.63, 3.8) is 0 Å². The summed E-state index contributed by atoms with van der Waals surface area (Å²) in [6, 6.07) is 10.3. The number of nitrogens with zero attached hydrogens (tertiary/aromatic N) is 1. The SMILES string of the molecule is CC1CC1CNC(C/C(N)=N/O)c1ccccc1. The van der Waals surface area contributed by atoms with Gasteiger partial charge in [-0.1, -0.05) is 42.4 Å². The zero-order valence-electron chi connectivity index (χ0n) is 10.7. The smallest absolute Gasteiger partial charge is 0.141 e. The van der Waals surface area contributed by atoms with E-state index in [0.29, 0.717) is 6.42 Å². The molecule has 1 aromatic rings. The lowest BCUT2D eigenvalue weighted by Crippen LogP contribution is -2.28. The highest BCUT2D eigenvalue weighted by molar-refractivity contribution is 5.80. The molecule has 4 N–H and O–H groups in total. The van der Waals surface area contributed by atoms with Crippen molar-refractivity contribution in [2.45, 2.75) is 25.8 Å². The van der Waals surface area contributed by atoms with Crippen LogP contribution in [-0.4, -0.2) is 17.6 Å². The predicted molar refractivity (Wildman–Crippen MR) is 72.5 cm³/mol. The molecule has 0 radical (unpaired) electrons. The molecule has 0 spiro atoms. The van der Waals surface area contributed by atoms with E-state index in [0.717, 1.165) is 18.4 Å². The number of rotatable bonds is 6. The molecule has 1 aromatic carbocycles. The van der Waals surface area contributed by atoms with Crippen LogP contribution in [0.2, 0.25) is 0 Å². The molecule has 2 rings (SSSR count). The summed E-state index contributed by atoms with van der Waals surface area (Å²) in [5.41, 5.74) is 6.80. The highest BCUT2D eigenvalue weighted by atomic mass is 16.4. The van der Waals surface area contributed by atoms with E-state index in [1.807, 2.05) is 18.2 Å². The molecule has 0 aliphatic heterocycles. The molecule has 1 aliphatic rings. The van der Waals surface area contributed by atoms with Crippen LogP contribution in [0.25, 0.3) is 0 Å². The third-order valence-electron chi connectivity index (χ3n) is 3.65. The summed E-state index contributed by atoms with van der Waals surface area (Å²) in [6.45, 7) is 3.27. The maximum atomic E-state index is 8.70. The highest BCUT2D eigenvalue weighted by Crippen LogP contribution is 2.37. The summed E-state index contributed by atoms with van der Waals surface area (Å²) in [5, 5.41) is 15.3. The van der Waals surface area contributed by atoms with Crippen LogP contribution in [0.1, 0.15) is 31.4 Å². The van der Waals surface area contributed by atoms with Crippen LogP contribution >= 0.6 is 0 Å². The van der Waals surface area contributed by atoms with Gasteiger partial charge in [0.1, 0.15) is 5.84 Å². The van der Waals surface area contributed by atoms with Gasteiger partial charge < -0.3 is 16.3 Å². The first-order valence-corrected chi connectivity index (χ1v) is 6.45. The third-order valence-corrected chi connectivity index (χ3v) is 3.65. The Morgan fingerprint density at radius 2 is 2.17 bits per heavy atom. The number of amidine groups is 1. The molecular weight excluding hydrogens is 226 g/mol. The standard InChI is InChI=1S/C14H21N3O/c1-10-7-12(10)9-16-13(8-14(15)17-18)11-5-3-2-4-6-11/h2-6,10,12-13,16,18H,7-9H2,1H3,(H2,15,17). The second kappa shape index (κ2) is 5.87. The Kier molecular flexibility index (Phi) is 4.20. The maximum Gasteiger partial charge on any atom is 0.141 e. The van der Waals surface area contributed by atoms with Crippen molar-refractivity contribution >= 4 is 5.84 Å². The van der Waals surface area contributed by atoms with Gasteiger partial charge in [-0.15, -0.1) is 0 Å². The average Bonchev–Trinajstić information content (AvgIpc) is 3.11. The summed E-state index contributed by atoms with van der Waals surface area (Å²) in [7, 11) is 0. The molecule has 0 bridgehead atoms. The van der Waals surface area contributed by atoms with Crippen molar-refractivity contribution in [2.24, 2.45) is 22.7 Å². The normalized spacial score (nSPS) is 24.8. The minimum absolute atomic E-state index is 0.120. The van der Waals surface area contributed by atoms with Crippen molar-refractivity contribution in [2.75, 3.05) is 6.54 Å². The zero-order valence-corrected chi connectivity index (χ0v) is 10.7. The van der Waals surface area contributed by atoms with E-state index in [-0.39, 0.29) is 11.9 Å². The van der Waals surface area contributed by atoms with Gasteiger partial charge in [0.25, 0.3) is 0 Å². The lowest BCUT2D eigenvalue weighted by molar-refractivity contribution is 0.315. The molecule has 4 nitrogen and oxygen atoms in total. The predicted octanol–water partition coefficient (Wildman–Crippen LogP) is 2.11. The van der Waals surface area contributed by atoms with Crippen molar-refractivity contribution in [3.8, 4) is 0 Å². The van der Waals surface area contributed by atoms with Crippen LogP contribution in [0.4, 0.5) is 0 Å². The number of oxime groups is 1. The Labute approximate surface area is 108 Å². The molecule has 3 unspecified atom stereocenters. The Morgan fingerprint density at radius 1 is 1.50 bits per heavy atom. The molecule has 3 atom stereocenters. The fourth-order valence-electron chi connectivity index (χ4n) is 2.22. The first-order chi connectivity index (χ1) is 8.70. The molecule has 1 saturated carbocycles. The van der Waals surface area contributed by atoms with Gasteiger partial charge in [0.15, 0.2) is 0 Å². The molecule has 98 valence electrons. The topological polar surface area (TPSA) is 70.6 Å². The van der Waals surface area contributed by atoms with Gasteiger partial charge in [0, 0.05) is 12.5 Å². The van der Waals surface area contributed by atoms with Crippen LogP contribution in [0.3, 0.4) is 0 Å². The molecule has 1 aliphatic carbocycles. The molecule has 0 saturated heterocycles. The van der Waals surface area contributed by atoms with Gasteiger partial charge in [0.2, 0.25) is 0 Å². The number of benzene rings is 1. The third kappa shape index (κ3) is 3.47. The Balaban J connectivity index is 1.98. The first kappa shape index (κ1) is 12.9. The number of hydrogen-bond acceptors (Lipinski definition) is 3. The van der Waals surface area contributed by atoms with Gasteiger partial charge in [-0.05, 0) is 30.4 Å². The largest absolute Gasteiger partial charge is 0.409 e. The molecule has 1 fully saturated rings. The van der Waals surface area contributed by atoms with Gasteiger partial charge in [-0.2, -0.15) is 0 Å². The van der Waals surface area contributed by atoms with Crippen LogP contribution in [0.5, 0.6) is 0 Å². The van der Waals surface area contributed by atoms with Gasteiger partial charge >= 0.3 is 0 Å². The summed E-state index contributed by atoms with van der Waals surface area (Å²) < 4.78 is 0. The van der Waals surface area contributed by atoms with Crippen molar-refractivity contribution in [1.29, 1.82) is 0 Å². The number of nitrogens with two attached hydrogens (primary N) is 1. The fourth-order valence-corrected chi connectivity index (χ4v) is 2.22. The lowest BCUT2D eigenvalue weighted by Gasteiger charge is -2.18. The Bertz CT molecular complexity index is 405. The van der Waals surface area contributed by atoms with Gasteiger partial charge in [-0.3, -0.25) is 0 Å². The van der Waals surface area contributed by atoms with Crippen molar-refractivity contribution < 1.29 is 5.21 Å². The second-order valence-corrected chi connectivity index (χ2v) is 5.14. The van der Waals surface area contributed by atoms with Crippen LogP contribution in [0.15, 0.2) is 35.5 Å². The number of nitrogens with one attached hydrogen (secondary N) is 1. The van der Waals surface area contributed by atoms with Crippen molar-refractivity contribution in [1.82, 2.24) is 5.32 Å². The first-order valence-electron chi connectivity index (χ1n) is 6.45. The van der Waals surface area contributed by atoms with E-state index in [1.165, 1.54) is 12.0 Å². The molecule has 4 heteroatoms. The van der Waals surface area contributed by atoms with E-state index < -0.39 is 0 Å². The minimum atomic E-state index is 0.120. The second-order valence-electron chi connectivity index (χ2n) is 5.14. The lowest BCUT2D eigenvalue weighted by atomic mass is 10.0. The van der Waals surface area contributed by atoms with Crippen LogP contribution < -0.4 is 11.1 Å². The van der Waals surface area contributed by atoms with Gasteiger partial charge in [-0.25, -0.2) is 0 Å². The van der Waals surface area contributed by atoms with Crippen molar-refractivity contribution in [3.05, 3.63) is 35.9 Å². The molecule has 18 heavy (non-hydrogen) atoms. The maximum absolute atomic E-state index is 8.70. The van der Waals surface area contributed by atoms with Gasteiger partial charge in [0.05, 0.1) is 0 Å². The highest BCUT2D eigenvalue weighted by Gasteiger charge is 2.32. The fraction of sp³-hybridized carbons (Fsp3) is 0.500. The van der Waals surface area contributed by atoms with Crippen LogP contribution in [-0.2, 0) is 0 Å². The number of hydrogen-bond donors (Lipinski definition) is 3.